The highest BCUT2D eigenvalue weighted by molar-refractivity contribution is 6.30. The summed E-state index contributed by atoms with van der Waals surface area (Å²) >= 11 is 5.90. The summed E-state index contributed by atoms with van der Waals surface area (Å²) in [5.74, 6) is 0. The van der Waals surface area contributed by atoms with E-state index < -0.39 is 0 Å². The average Bonchev–Trinajstić information content (AvgIpc) is 3.20. The predicted octanol–water partition coefficient (Wildman–Crippen LogP) is 4.39. The van der Waals surface area contributed by atoms with Gasteiger partial charge in [-0.15, -0.1) is 0 Å². The molecule has 0 saturated carbocycles. The lowest BCUT2D eigenvalue weighted by Gasteiger charge is -2.08. The molecule has 3 aromatic rings. The first-order valence-corrected chi connectivity index (χ1v) is 12.4. The molecule has 0 bridgehead atoms. The molecule has 33 heavy (non-hydrogen) atoms. The fourth-order valence-electron chi connectivity index (χ4n) is 4.19. The van der Waals surface area contributed by atoms with Crippen LogP contribution in [0.1, 0.15) is 63.4 Å². The van der Waals surface area contributed by atoms with E-state index in [4.69, 9.17) is 11.6 Å². The highest BCUT2D eigenvalue weighted by atomic mass is 35.5. The normalized spacial score (nSPS) is 11.5. The van der Waals surface area contributed by atoms with Crippen LogP contribution < -0.4 is 16.6 Å². The topological polar surface area (TPSA) is 73.8 Å². The number of unbranched alkanes of at least 4 members (excludes halogenated alkanes) is 8. The summed E-state index contributed by atoms with van der Waals surface area (Å²) in [5.41, 5.74) is 1.67. The van der Waals surface area contributed by atoms with Crippen molar-refractivity contribution in [3.8, 4) is 0 Å². The second-order valence-electron chi connectivity index (χ2n) is 8.81. The van der Waals surface area contributed by atoms with Crippen molar-refractivity contribution >= 4 is 22.8 Å². The molecular weight excluding hydrogens is 438 g/mol. The van der Waals surface area contributed by atoms with Gasteiger partial charge >= 0.3 is 5.69 Å². The largest absolute Gasteiger partial charge is 0.332 e. The van der Waals surface area contributed by atoms with Gasteiger partial charge in [-0.2, -0.15) is 0 Å². The Morgan fingerprint density at radius 1 is 0.879 bits per heavy atom. The minimum atomic E-state index is -0.283. The molecule has 0 aliphatic heterocycles. The van der Waals surface area contributed by atoms with Crippen LogP contribution in [0.25, 0.3) is 11.2 Å². The van der Waals surface area contributed by atoms with Crippen molar-refractivity contribution in [2.24, 2.45) is 14.1 Å². The Kier molecular flexibility index (Phi) is 9.76. The Balaban J connectivity index is 1.22. The molecular formula is C25H36ClN5O2. The summed E-state index contributed by atoms with van der Waals surface area (Å²) in [7, 11) is 3.45. The molecule has 0 fully saturated rings. The molecule has 1 aromatic carbocycles. The molecule has 7 nitrogen and oxygen atoms in total. The summed E-state index contributed by atoms with van der Waals surface area (Å²) in [6, 6.07) is 7.99. The van der Waals surface area contributed by atoms with Gasteiger partial charge in [-0.25, -0.2) is 9.78 Å². The fraction of sp³-hybridized carbons (Fsp3) is 0.560. The van der Waals surface area contributed by atoms with Crippen LogP contribution in [0.15, 0.2) is 40.2 Å². The van der Waals surface area contributed by atoms with Gasteiger partial charge in [0.05, 0.1) is 6.33 Å². The van der Waals surface area contributed by atoms with Crippen molar-refractivity contribution < 1.29 is 0 Å². The van der Waals surface area contributed by atoms with Crippen molar-refractivity contribution in [2.45, 2.75) is 70.9 Å². The van der Waals surface area contributed by atoms with Crippen LogP contribution in [0, 0.1) is 0 Å². The number of rotatable bonds is 14. The summed E-state index contributed by atoms with van der Waals surface area (Å²) in [6.45, 7) is 2.41. The maximum atomic E-state index is 12.7. The third-order valence-corrected chi connectivity index (χ3v) is 6.43. The van der Waals surface area contributed by atoms with Crippen LogP contribution in [0.5, 0.6) is 0 Å². The van der Waals surface area contributed by atoms with Crippen LogP contribution in [0.3, 0.4) is 0 Å². The van der Waals surface area contributed by atoms with Crippen molar-refractivity contribution in [1.82, 2.24) is 24.0 Å². The highest BCUT2D eigenvalue weighted by Gasteiger charge is 2.14. The molecule has 0 amide bonds. The van der Waals surface area contributed by atoms with Gasteiger partial charge in [-0.3, -0.25) is 13.9 Å². The van der Waals surface area contributed by atoms with Crippen molar-refractivity contribution in [3.63, 3.8) is 0 Å². The van der Waals surface area contributed by atoms with Crippen molar-refractivity contribution in [1.29, 1.82) is 0 Å². The van der Waals surface area contributed by atoms with Gasteiger partial charge in [0.1, 0.15) is 0 Å². The van der Waals surface area contributed by atoms with Gasteiger partial charge < -0.3 is 9.88 Å². The van der Waals surface area contributed by atoms with E-state index in [-0.39, 0.29) is 11.2 Å². The van der Waals surface area contributed by atoms with Crippen LogP contribution in [-0.4, -0.2) is 25.2 Å². The third-order valence-electron chi connectivity index (χ3n) is 6.18. The maximum absolute atomic E-state index is 12.7. The predicted molar refractivity (Wildman–Crippen MR) is 135 cm³/mol. The molecule has 0 atom stereocenters. The zero-order valence-electron chi connectivity index (χ0n) is 19.9. The number of nitrogens with zero attached hydrogens (tertiary/aromatic N) is 4. The van der Waals surface area contributed by atoms with Crippen LogP contribution >= 0.6 is 11.6 Å². The van der Waals surface area contributed by atoms with Gasteiger partial charge in [0.2, 0.25) is 0 Å². The number of fused-ring (bicyclic) bond motifs is 1. The second kappa shape index (κ2) is 12.8. The van der Waals surface area contributed by atoms with Gasteiger partial charge in [-0.05, 0) is 37.1 Å². The number of nitrogens with one attached hydrogen (secondary N) is 1. The lowest BCUT2D eigenvalue weighted by atomic mass is 10.1. The zero-order valence-corrected chi connectivity index (χ0v) is 20.6. The van der Waals surface area contributed by atoms with Crippen LogP contribution in [0.4, 0.5) is 0 Å². The van der Waals surface area contributed by atoms with E-state index >= 15 is 0 Å². The fourth-order valence-corrected chi connectivity index (χ4v) is 4.31. The number of benzene rings is 1. The minimum absolute atomic E-state index is 0.240. The molecule has 1 N–H and O–H groups in total. The second-order valence-corrected chi connectivity index (χ2v) is 9.25. The van der Waals surface area contributed by atoms with Gasteiger partial charge in [0, 0.05) is 32.2 Å². The van der Waals surface area contributed by atoms with E-state index in [0.717, 1.165) is 37.4 Å². The molecule has 8 heteroatoms. The smallest absolute Gasteiger partial charge is 0.328 e. The van der Waals surface area contributed by atoms with Crippen molar-refractivity contribution in [2.75, 3.05) is 6.54 Å². The number of hydrogen-bond acceptors (Lipinski definition) is 4. The zero-order chi connectivity index (χ0) is 23.6. The first-order chi connectivity index (χ1) is 16.0. The number of halogens is 1. The number of aryl methyl sites for hydroxylation is 2. The molecule has 0 saturated heterocycles. The Morgan fingerprint density at radius 2 is 1.48 bits per heavy atom. The lowest BCUT2D eigenvalue weighted by Crippen LogP contribution is -2.39. The number of imidazole rings is 1. The van der Waals surface area contributed by atoms with Crippen LogP contribution in [0.2, 0.25) is 5.02 Å². The molecule has 2 aromatic heterocycles. The SMILES string of the molecule is Cn1cnc2c1c(=O)n(CCCCCCCCCCCNCc1ccc(Cl)cc1)c(=O)n2C. The quantitative estimate of drug-likeness (QED) is 0.352. The summed E-state index contributed by atoms with van der Waals surface area (Å²) in [5, 5.41) is 4.27. The van der Waals surface area contributed by atoms with Crippen molar-refractivity contribution in [3.05, 3.63) is 62.0 Å². The van der Waals surface area contributed by atoms with E-state index in [9.17, 15) is 9.59 Å². The molecule has 0 aliphatic rings. The number of hydrogen-bond donors (Lipinski definition) is 1. The molecule has 0 aliphatic carbocycles. The van der Waals surface area contributed by atoms with Gasteiger partial charge in [0.15, 0.2) is 11.2 Å². The Hall–Kier alpha value is -2.38. The lowest BCUT2D eigenvalue weighted by molar-refractivity contribution is 0.513. The molecule has 0 radical (unpaired) electrons. The van der Waals surface area contributed by atoms with E-state index in [2.05, 4.69) is 22.4 Å². The molecule has 180 valence electrons. The summed E-state index contributed by atoms with van der Waals surface area (Å²) in [6.07, 6.45) is 12.1. The standard InChI is InChI=1S/C25H36ClN5O2/c1-29-19-28-23-22(29)24(32)31(25(33)30(23)2)17-11-9-7-5-3-4-6-8-10-16-27-18-20-12-14-21(26)15-13-20/h12-15,19,27H,3-11,16-18H2,1-2H3. The number of aromatic nitrogens is 4. The summed E-state index contributed by atoms with van der Waals surface area (Å²) < 4.78 is 4.50. The minimum Gasteiger partial charge on any atom is -0.328 e. The van der Waals surface area contributed by atoms with Crippen LogP contribution in [-0.2, 0) is 27.2 Å². The maximum Gasteiger partial charge on any atom is 0.332 e. The third kappa shape index (κ3) is 7.05. The average molecular weight is 474 g/mol. The Labute approximate surface area is 200 Å². The van der Waals surface area contributed by atoms with E-state index in [1.54, 1.807) is 25.0 Å². The van der Waals surface area contributed by atoms with Gasteiger partial charge in [-0.1, -0.05) is 68.7 Å². The summed E-state index contributed by atoms with van der Waals surface area (Å²) in [4.78, 5) is 29.3. The van der Waals surface area contributed by atoms with E-state index in [1.807, 2.05) is 12.1 Å². The molecule has 0 unspecified atom stereocenters. The molecule has 2 heterocycles. The first-order valence-electron chi connectivity index (χ1n) is 12.0. The Morgan fingerprint density at radius 3 is 2.15 bits per heavy atom. The monoisotopic (exact) mass is 473 g/mol. The molecule has 0 spiro atoms. The highest BCUT2D eigenvalue weighted by Crippen LogP contribution is 2.11. The van der Waals surface area contributed by atoms with Gasteiger partial charge in [0.25, 0.3) is 5.56 Å². The molecule has 3 rings (SSSR count). The van der Waals surface area contributed by atoms with E-state index in [1.165, 1.54) is 53.2 Å². The van der Waals surface area contributed by atoms with E-state index in [0.29, 0.717) is 17.7 Å². The Bertz CT molecular complexity index is 1130. The first kappa shape index (κ1) is 25.2.